The van der Waals surface area contributed by atoms with E-state index >= 15 is 0 Å². The third kappa shape index (κ3) is 5.23. The zero-order chi connectivity index (χ0) is 7.98. The zero-order valence-electron chi connectivity index (χ0n) is 5.83. The fraction of sp³-hybridized carbons (Fsp3) is 1.00. The van der Waals surface area contributed by atoms with Crippen molar-refractivity contribution in [1.29, 1.82) is 0 Å². The van der Waals surface area contributed by atoms with Crippen molar-refractivity contribution in [3.8, 4) is 0 Å². The van der Waals surface area contributed by atoms with Gasteiger partial charge >= 0.3 is 7.12 Å². The van der Waals surface area contributed by atoms with Gasteiger partial charge in [-0.05, 0) is 12.8 Å². The molecule has 1 unspecified atom stereocenters. The Bertz CT molecular complexity index is 84.0. The summed E-state index contributed by atoms with van der Waals surface area (Å²) < 4.78 is 0. The maximum atomic E-state index is 8.54. The number of unbranched alkanes of at least 4 members (excludes halogenated alkanes) is 1. The molecule has 0 heterocycles. The van der Waals surface area contributed by atoms with E-state index in [0.717, 1.165) is 18.2 Å². The molecule has 0 bridgehead atoms. The lowest BCUT2D eigenvalue weighted by Gasteiger charge is -2.07. The monoisotopic (exact) mass is 209 g/mol. The summed E-state index contributed by atoms with van der Waals surface area (Å²) in [6.45, 7) is 0. The molecule has 0 spiro atoms. The van der Waals surface area contributed by atoms with Gasteiger partial charge in [0.2, 0.25) is 0 Å². The van der Waals surface area contributed by atoms with Gasteiger partial charge < -0.3 is 15.8 Å². The van der Waals surface area contributed by atoms with Crippen molar-refractivity contribution in [3.63, 3.8) is 0 Å². The van der Waals surface area contributed by atoms with Crippen molar-refractivity contribution in [2.45, 2.75) is 25.2 Å². The Hall–Kier alpha value is 0.425. The standard InChI is InChI=1S/C5H13BBrNO2/c7-4-2-1-3-5(8)6(9)10/h5,9-10H,1-4,8H2. The molecule has 0 aliphatic rings. The molecule has 10 heavy (non-hydrogen) atoms. The molecule has 5 heteroatoms. The van der Waals surface area contributed by atoms with Crippen LogP contribution in [0.15, 0.2) is 0 Å². The van der Waals surface area contributed by atoms with Gasteiger partial charge in [-0.3, -0.25) is 0 Å². The molecule has 0 amide bonds. The fourth-order valence-corrected chi connectivity index (χ4v) is 1.02. The molecule has 0 aliphatic carbocycles. The number of hydrogen-bond acceptors (Lipinski definition) is 3. The minimum Gasteiger partial charge on any atom is -0.426 e. The van der Waals surface area contributed by atoms with Crippen LogP contribution in [0.4, 0.5) is 0 Å². The van der Waals surface area contributed by atoms with Crippen LogP contribution >= 0.6 is 15.9 Å². The van der Waals surface area contributed by atoms with Crippen LogP contribution in [-0.4, -0.2) is 28.4 Å². The van der Waals surface area contributed by atoms with E-state index in [-0.39, 0.29) is 0 Å². The van der Waals surface area contributed by atoms with Crippen LogP contribution in [0.5, 0.6) is 0 Å². The predicted molar refractivity (Wildman–Crippen MR) is 45.8 cm³/mol. The molecular formula is C5H13BBrNO2. The van der Waals surface area contributed by atoms with Crippen LogP contribution in [0.25, 0.3) is 0 Å². The number of alkyl halides is 1. The van der Waals surface area contributed by atoms with E-state index in [9.17, 15) is 0 Å². The average Bonchev–Trinajstić information content (AvgIpc) is 1.88. The summed E-state index contributed by atoms with van der Waals surface area (Å²) in [5, 5.41) is 18.0. The van der Waals surface area contributed by atoms with E-state index in [1.165, 1.54) is 0 Å². The molecule has 3 nitrogen and oxygen atoms in total. The molecular weight excluding hydrogens is 197 g/mol. The highest BCUT2D eigenvalue weighted by molar-refractivity contribution is 9.09. The Labute approximate surface area is 69.9 Å². The molecule has 4 N–H and O–H groups in total. The van der Waals surface area contributed by atoms with Crippen molar-refractivity contribution < 1.29 is 10.0 Å². The van der Waals surface area contributed by atoms with Crippen LogP contribution in [0.2, 0.25) is 0 Å². The Morgan fingerprint density at radius 3 is 2.40 bits per heavy atom. The second kappa shape index (κ2) is 6.16. The van der Waals surface area contributed by atoms with Gasteiger partial charge in [0.25, 0.3) is 0 Å². The lowest BCUT2D eigenvalue weighted by Crippen LogP contribution is -2.38. The molecule has 0 radical (unpaired) electrons. The second-order valence-electron chi connectivity index (χ2n) is 2.26. The first-order chi connectivity index (χ1) is 4.68. The number of hydrogen-bond donors (Lipinski definition) is 3. The lowest BCUT2D eigenvalue weighted by atomic mass is 9.77. The van der Waals surface area contributed by atoms with Gasteiger partial charge in [-0.2, -0.15) is 0 Å². The first kappa shape index (κ1) is 10.4. The smallest absolute Gasteiger partial charge is 0.426 e. The van der Waals surface area contributed by atoms with Crippen LogP contribution < -0.4 is 5.73 Å². The molecule has 0 aromatic heterocycles. The summed E-state index contributed by atoms with van der Waals surface area (Å²) in [4.78, 5) is 0. The van der Waals surface area contributed by atoms with E-state index in [2.05, 4.69) is 15.9 Å². The molecule has 0 rings (SSSR count). The summed E-state index contributed by atoms with van der Waals surface area (Å²) >= 11 is 3.27. The highest BCUT2D eigenvalue weighted by atomic mass is 79.9. The van der Waals surface area contributed by atoms with Crippen molar-refractivity contribution >= 4 is 23.0 Å². The van der Waals surface area contributed by atoms with Gasteiger partial charge in [0.1, 0.15) is 0 Å². The van der Waals surface area contributed by atoms with E-state index in [0.29, 0.717) is 6.42 Å². The van der Waals surface area contributed by atoms with Crippen LogP contribution in [0, 0.1) is 0 Å². The predicted octanol–water partition coefficient (Wildman–Crippen LogP) is -0.109. The lowest BCUT2D eigenvalue weighted by molar-refractivity contribution is 0.380. The van der Waals surface area contributed by atoms with Crippen LogP contribution in [-0.2, 0) is 0 Å². The minimum atomic E-state index is -1.37. The highest BCUT2D eigenvalue weighted by Gasteiger charge is 2.17. The maximum absolute atomic E-state index is 8.54. The van der Waals surface area contributed by atoms with Gasteiger partial charge in [-0.25, -0.2) is 0 Å². The van der Waals surface area contributed by atoms with Gasteiger partial charge in [0, 0.05) is 11.3 Å². The van der Waals surface area contributed by atoms with Gasteiger partial charge in [0.15, 0.2) is 0 Å². The molecule has 0 fully saturated rings. The van der Waals surface area contributed by atoms with Crippen molar-refractivity contribution in [3.05, 3.63) is 0 Å². The summed E-state index contributed by atoms with van der Waals surface area (Å²) in [6, 6.07) is 0. The zero-order valence-corrected chi connectivity index (χ0v) is 7.42. The highest BCUT2D eigenvalue weighted by Crippen LogP contribution is 2.01. The van der Waals surface area contributed by atoms with Crippen molar-refractivity contribution in [2.75, 3.05) is 5.33 Å². The molecule has 0 aliphatic heterocycles. The molecule has 1 atom stereocenters. The first-order valence-electron chi connectivity index (χ1n) is 3.36. The largest absolute Gasteiger partial charge is 0.469 e. The Morgan fingerprint density at radius 1 is 1.40 bits per heavy atom. The topological polar surface area (TPSA) is 66.5 Å². The second-order valence-corrected chi connectivity index (χ2v) is 3.06. The Kier molecular flexibility index (Phi) is 6.42. The number of rotatable bonds is 5. The van der Waals surface area contributed by atoms with E-state index in [1.807, 2.05) is 0 Å². The van der Waals surface area contributed by atoms with E-state index < -0.39 is 13.1 Å². The number of nitrogens with two attached hydrogens (primary N) is 1. The average molecular weight is 210 g/mol. The molecule has 60 valence electrons. The van der Waals surface area contributed by atoms with Crippen molar-refractivity contribution in [2.24, 2.45) is 5.73 Å². The Balaban J connectivity index is 3.13. The quantitative estimate of drug-likeness (QED) is 0.337. The maximum Gasteiger partial charge on any atom is 0.469 e. The molecule has 0 saturated heterocycles. The summed E-state index contributed by atoms with van der Waals surface area (Å²) in [6.07, 6.45) is 2.63. The van der Waals surface area contributed by atoms with Gasteiger partial charge in [-0.1, -0.05) is 22.4 Å². The Morgan fingerprint density at radius 2 is 2.00 bits per heavy atom. The third-order valence-corrected chi connectivity index (χ3v) is 1.86. The van der Waals surface area contributed by atoms with Crippen LogP contribution in [0.3, 0.4) is 0 Å². The van der Waals surface area contributed by atoms with Crippen molar-refractivity contribution in [1.82, 2.24) is 0 Å². The first-order valence-corrected chi connectivity index (χ1v) is 4.48. The minimum absolute atomic E-state index is 0.487. The SMILES string of the molecule is NC(CCCCBr)B(O)O. The number of halogens is 1. The fourth-order valence-electron chi connectivity index (χ4n) is 0.624. The van der Waals surface area contributed by atoms with Crippen LogP contribution in [0.1, 0.15) is 19.3 Å². The van der Waals surface area contributed by atoms with E-state index in [4.69, 9.17) is 15.8 Å². The molecule has 0 saturated carbocycles. The van der Waals surface area contributed by atoms with Gasteiger partial charge in [-0.15, -0.1) is 0 Å². The van der Waals surface area contributed by atoms with Gasteiger partial charge in [0.05, 0.1) is 0 Å². The summed E-state index contributed by atoms with van der Waals surface area (Å²) in [5.41, 5.74) is 5.34. The summed E-state index contributed by atoms with van der Waals surface area (Å²) in [7, 11) is -1.37. The molecule has 0 aromatic rings. The molecule has 0 aromatic carbocycles. The summed E-state index contributed by atoms with van der Waals surface area (Å²) in [5.74, 6) is -0.487. The van der Waals surface area contributed by atoms with E-state index in [1.54, 1.807) is 0 Å². The third-order valence-electron chi connectivity index (χ3n) is 1.30. The normalized spacial score (nSPS) is 13.2.